The number of nitrogens with one attached hydrogen (secondary N) is 1. The molecule has 0 aromatic heterocycles. The second-order valence-electron chi connectivity index (χ2n) is 5.34. The van der Waals surface area contributed by atoms with Crippen molar-refractivity contribution < 1.29 is 4.79 Å². The largest absolute Gasteiger partial charge is 0.326 e. The second-order valence-corrected chi connectivity index (χ2v) is 5.34. The van der Waals surface area contributed by atoms with Crippen LogP contribution < -0.4 is 11.1 Å². The zero-order chi connectivity index (χ0) is 14.4. The molecule has 20 heavy (non-hydrogen) atoms. The summed E-state index contributed by atoms with van der Waals surface area (Å²) in [5.41, 5.74) is 7.45. The van der Waals surface area contributed by atoms with Crippen molar-refractivity contribution in [3.05, 3.63) is 29.8 Å². The number of amides is 1. The van der Waals surface area contributed by atoms with E-state index < -0.39 is 0 Å². The van der Waals surface area contributed by atoms with E-state index in [2.05, 4.69) is 22.2 Å². The lowest BCUT2D eigenvalue weighted by Gasteiger charge is -2.32. The molecule has 1 aromatic rings. The Kier molecular flexibility index (Phi) is 5.52. The highest BCUT2D eigenvalue weighted by atomic mass is 16.1. The van der Waals surface area contributed by atoms with Crippen molar-refractivity contribution >= 4 is 11.6 Å². The van der Waals surface area contributed by atoms with Crippen molar-refractivity contribution in [2.45, 2.75) is 13.0 Å². The maximum absolute atomic E-state index is 11.9. The van der Waals surface area contributed by atoms with Gasteiger partial charge in [-0.1, -0.05) is 12.1 Å². The molecule has 0 spiro atoms. The summed E-state index contributed by atoms with van der Waals surface area (Å²) in [5.74, 6) is 0.0735. The van der Waals surface area contributed by atoms with Crippen LogP contribution in [0.2, 0.25) is 0 Å². The molecule has 0 bridgehead atoms. The van der Waals surface area contributed by atoms with E-state index in [9.17, 15) is 4.79 Å². The van der Waals surface area contributed by atoms with Crippen molar-refractivity contribution in [3.8, 4) is 0 Å². The number of carbonyl (C=O) groups excluding carboxylic acids is 1. The fourth-order valence-corrected chi connectivity index (χ4v) is 2.28. The third-order valence-corrected chi connectivity index (χ3v) is 3.72. The van der Waals surface area contributed by atoms with E-state index in [1.807, 2.05) is 24.3 Å². The first-order valence-corrected chi connectivity index (χ1v) is 7.17. The van der Waals surface area contributed by atoms with E-state index in [0.717, 1.165) is 44.0 Å². The lowest BCUT2D eigenvalue weighted by atomic mass is 10.2. The van der Waals surface area contributed by atoms with Crippen LogP contribution in [-0.4, -0.2) is 55.5 Å². The highest BCUT2D eigenvalue weighted by Gasteiger charge is 2.14. The molecule has 1 amide bonds. The molecule has 2 rings (SSSR count). The van der Waals surface area contributed by atoms with Gasteiger partial charge in [-0.15, -0.1) is 0 Å². The number of benzene rings is 1. The summed E-state index contributed by atoms with van der Waals surface area (Å²) in [4.78, 5) is 16.6. The summed E-state index contributed by atoms with van der Waals surface area (Å²) in [6, 6.07) is 7.68. The maximum atomic E-state index is 11.9. The van der Waals surface area contributed by atoms with Gasteiger partial charge in [0, 0.05) is 51.4 Å². The molecule has 3 N–H and O–H groups in total. The number of anilines is 1. The Labute approximate surface area is 120 Å². The van der Waals surface area contributed by atoms with E-state index in [0.29, 0.717) is 13.0 Å². The highest BCUT2D eigenvalue weighted by Crippen LogP contribution is 2.09. The van der Waals surface area contributed by atoms with Crippen LogP contribution in [0.5, 0.6) is 0 Å². The summed E-state index contributed by atoms with van der Waals surface area (Å²) in [6.07, 6.45) is 0.544. The first-order chi connectivity index (χ1) is 9.67. The molecule has 5 nitrogen and oxygen atoms in total. The number of nitrogens with two attached hydrogens (primary N) is 1. The van der Waals surface area contributed by atoms with Gasteiger partial charge in [0.05, 0.1) is 0 Å². The third-order valence-electron chi connectivity index (χ3n) is 3.72. The molecule has 1 aliphatic heterocycles. The van der Waals surface area contributed by atoms with Crippen LogP contribution in [0.3, 0.4) is 0 Å². The lowest BCUT2D eigenvalue weighted by molar-refractivity contribution is -0.116. The number of hydrogen-bond donors (Lipinski definition) is 2. The molecule has 110 valence electrons. The van der Waals surface area contributed by atoms with Crippen LogP contribution in [-0.2, 0) is 11.3 Å². The number of nitrogens with zero attached hydrogens (tertiary/aromatic N) is 2. The molecule has 1 fully saturated rings. The number of carbonyl (C=O) groups is 1. The minimum atomic E-state index is 0.0735. The molecule has 5 heteroatoms. The van der Waals surface area contributed by atoms with E-state index in [1.54, 1.807) is 0 Å². The SMILES string of the molecule is CN1CCN(CCC(=O)Nc2ccc(CN)cc2)CC1. The average molecular weight is 276 g/mol. The normalized spacial score (nSPS) is 17.1. The fraction of sp³-hybridized carbons (Fsp3) is 0.533. The highest BCUT2D eigenvalue weighted by molar-refractivity contribution is 5.90. The number of piperazine rings is 1. The molecule has 1 heterocycles. The fourth-order valence-electron chi connectivity index (χ4n) is 2.28. The second kappa shape index (κ2) is 7.38. The molecule has 0 atom stereocenters. The Morgan fingerprint density at radius 2 is 1.85 bits per heavy atom. The molecular formula is C15H24N4O. The zero-order valence-corrected chi connectivity index (χ0v) is 12.1. The summed E-state index contributed by atoms with van der Waals surface area (Å²) in [6.45, 7) is 5.63. The predicted octanol–water partition coefficient (Wildman–Crippen LogP) is 0.721. The molecular weight excluding hydrogens is 252 g/mol. The van der Waals surface area contributed by atoms with Gasteiger partial charge in [0.25, 0.3) is 0 Å². The van der Waals surface area contributed by atoms with Crippen molar-refractivity contribution in [1.29, 1.82) is 0 Å². The van der Waals surface area contributed by atoms with Crippen molar-refractivity contribution in [1.82, 2.24) is 9.80 Å². The Morgan fingerprint density at radius 1 is 1.20 bits per heavy atom. The quantitative estimate of drug-likeness (QED) is 0.832. The molecule has 1 aromatic carbocycles. The van der Waals surface area contributed by atoms with Gasteiger partial charge < -0.3 is 20.9 Å². The molecule has 1 saturated heterocycles. The van der Waals surface area contributed by atoms with E-state index in [1.165, 1.54) is 0 Å². The van der Waals surface area contributed by atoms with Gasteiger partial charge in [0.2, 0.25) is 5.91 Å². The Hall–Kier alpha value is -1.43. The number of rotatable bonds is 5. The first-order valence-electron chi connectivity index (χ1n) is 7.17. The monoisotopic (exact) mass is 276 g/mol. The topological polar surface area (TPSA) is 61.6 Å². The minimum absolute atomic E-state index is 0.0735. The van der Waals surface area contributed by atoms with Gasteiger partial charge in [-0.3, -0.25) is 4.79 Å². The van der Waals surface area contributed by atoms with Crippen LogP contribution in [0.25, 0.3) is 0 Å². The van der Waals surface area contributed by atoms with Gasteiger partial charge >= 0.3 is 0 Å². The van der Waals surface area contributed by atoms with Crippen molar-refractivity contribution in [3.63, 3.8) is 0 Å². The number of likely N-dealkylation sites (N-methyl/N-ethyl adjacent to an activating group) is 1. The zero-order valence-electron chi connectivity index (χ0n) is 12.1. The standard InChI is InChI=1S/C15H24N4O/c1-18-8-10-19(11-9-18)7-6-15(20)17-14-4-2-13(12-16)3-5-14/h2-5H,6-12,16H2,1H3,(H,17,20). The van der Waals surface area contributed by atoms with Crippen LogP contribution in [0, 0.1) is 0 Å². The molecule has 0 saturated carbocycles. The minimum Gasteiger partial charge on any atom is -0.326 e. The summed E-state index contributed by atoms with van der Waals surface area (Å²) in [7, 11) is 2.13. The summed E-state index contributed by atoms with van der Waals surface area (Å²) in [5, 5.41) is 2.92. The van der Waals surface area contributed by atoms with Gasteiger partial charge in [-0.05, 0) is 24.7 Å². The smallest absolute Gasteiger partial charge is 0.225 e. The molecule has 0 aliphatic carbocycles. The maximum Gasteiger partial charge on any atom is 0.225 e. The van der Waals surface area contributed by atoms with E-state index >= 15 is 0 Å². The van der Waals surface area contributed by atoms with Gasteiger partial charge in [0.1, 0.15) is 0 Å². The van der Waals surface area contributed by atoms with Crippen molar-refractivity contribution in [2.75, 3.05) is 45.1 Å². The third kappa shape index (κ3) is 4.59. The first kappa shape index (κ1) is 15.0. The van der Waals surface area contributed by atoms with Gasteiger partial charge in [-0.25, -0.2) is 0 Å². The van der Waals surface area contributed by atoms with Gasteiger partial charge in [0.15, 0.2) is 0 Å². The Balaban J connectivity index is 1.72. The Bertz CT molecular complexity index is 424. The van der Waals surface area contributed by atoms with Crippen LogP contribution >= 0.6 is 0 Å². The lowest BCUT2D eigenvalue weighted by Crippen LogP contribution is -2.45. The van der Waals surface area contributed by atoms with E-state index in [4.69, 9.17) is 5.73 Å². The molecule has 0 unspecified atom stereocenters. The number of hydrogen-bond acceptors (Lipinski definition) is 4. The predicted molar refractivity (Wildman–Crippen MR) is 81.5 cm³/mol. The Morgan fingerprint density at radius 3 is 2.45 bits per heavy atom. The summed E-state index contributed by atoms with van der Waals surface area (Å²) < 4.78 is 0. The summed E-state index contributed by atoms with van der Waals surface area (Å²) >= 11 is 0. The van der Waals surface area contributed by atoms with Gasteiger partial charge in [-0.2, -0.15) is 0 Å². The van der Waals surface area contributed by atoms with Crippen LogP contribution in [0.15, 0.2) is 24.3 Å². The molecule has 0 radical (unpaired) electrons. The van der Waals surface area contributed by atoms with Crippen molar-refractivity contribution in [2.24, 2.45) is 5.73 Å². The molecule has 1 aliphatic rings. The average Bonchev–Trinajstić information content (AvgIpc) is 2.47. The van der Waals surface area contributed by atoms with E-state index in [-0.39, 0.29) is 5.91 Å². The van der Waals surface area contributed by atoms with Crippen LogP contribution in [0.1, 0.15) is 12.0 Å². The van der Waals surface area contributed by atoms with Crippen LogP contribution in [0.4, 0.5) is 5.69 Å².